The van der Waals surface area contributed by atoms with Crippen LogP contribution in [-0.2, 0) is 0 Å². The predicted molar refractivity (Wildman–Crippen MR) is 131 cm³/mol. The van der Waals surface area contributed by atoms with E-state index in [9.17, 15) is 8.78 Å². The fourth-order valence-corrected chi connectivity index (χ4v) is 4.87. The molecule has 1 N–H and O–H groups in total. The molecule has 0 spiro atoms. The number of halogens is 2. The van der Waals surface area contributed by atoms with Gasteiger partial charge >= 0.3 is 0 Å². The van der Waals surface area contributed by atoms with Crippen LogP contribution in [0.25, 0.3) is 33.5 Å². The lowest BCUT2D eigenvalue weighted by Gasteiger charge is -2.31. The van der Waals surface area contributed by atoms with Gasteiger partial charge in [0.05, 0.1) is 6.04 Å². The van der Waals surface area contributed by atoms with E-state index in [-0.39, 0.29) is 0 Å². The van der Waals surface area contributed by atoms with E-state index in [4.69, 9.17) is 4.98 Å². The molecule has 1 aliphatic heterocycles. The quantitative estimate of drug-likeness (QED) is 0.407. The van der Waals surface area contributed by atoms with Crippen LogP contribution in [0.3, 0.4) is 0 Å². The molecule has 1 unspecified atom stereocenters. The molecule has 4 aromatic rings. The Morgan fingerprint density at radius 2 is 1.89 bits per heavy atom. The molecule has 2 aliphatic rings. The summed E-state index contributed by atoms with van der Waals surface area (Å²) in [5.74, 6) is 0.534. The lowest BCUT2D eigenvalue weighted by molar-refractivity contribution is 0.417. The minimum absolute atomic E-state index is 0.324. The number of piperidine rings is 1. The van der Waals surface area contributed by atoms with Gasteiger partial charge in [-0.05, 0) is 49.5 Å². The number of H-pyrrole nitrogens is 1. The number of pyridine rings is 2. The topological polar surface area (TPSA) is 75.5 Å². The van der Waals surface area contributed by atoms with E-state index >= 15 is 0 Å². The molecule has 0 radical (unpaired) electrons. The van der Waals surface area contributed by atoms with Crippen molar-refractivity contribution in [2.24, 2.45) is 5.92 Å². The molecule has 7 nitrogen and oxygen atoms in total. The number of aromatic nitrogens is 6. The van der Waals surface area contributed by atoms with Gasteiger partial charge in [-0.15, -0.1) is 10.2 Å². The molecule has 5 heterocycles. The summed E-state index contributed by atoms with van der Waals surface area (Å²) in [6.45, 7) is 4.36. The van der Waals surface area contributed by atoms with Crippen LogP contribution >= 0.6 is 0 Å². The SMILES string of the molecule is CC1CCN(c2ccc(-c3cnc4[nH]cc(-c5nncn5C5CC=CC(F)=C5F)c4c3)cn2)CC1. The summed E-state index contributed by atoms with van der Waals surface area (Å²) in [5, 5.41) is 9.03. The number of hydrogen-bond acceptors (Lipinski definition) is 5. The van der Waals surface area contributed by atoms with Gasteiger partial charge in [-0.3, -0.25) is 0 Å². The van der Waals surface area contributed by atoms with Crippen LogP contribution < -0.4 is 4.90 Å². The van der Waals surface area contributed by atoms with Gasteiger partial charge in [-0.1, -0.05) is 13.0 Å². The first-order valence-corrected chi connectivity index (χ1v) is 11.9. The number of anilines is 1. The van der Waals surface area contributed by atoms with Gasteiger partial charge in [-0.2, -0.15) is 0 Å². The molecule has 0 bridgehead atoms. The van der Waals surface area contributed by atoms with Crippen molar-refractivity contribution in [3.8, 4) is 22.5 Å². The summed E-state index contributed by atoms with van der Waals surface area (Å²) in [6, 6.07) is 5.32. The van der Waals surface area contributed by atoms with Crippen molar-refractivity contribution in [2.75, 3.05) is 18.0 Å². The molecular formula is C26H25F2N7. The Morgan fingerprint density at radius 1 is 1.06 bits per heavy atom. The van der Waals surface area contributed by atoms with Crippen LogP contribution in [0.2, 0.25) is 0 Å². The van der Waals surface area contributed by atoms with Crippen molar-refractivity contribution in [3.63, 3.8) is 0 Å². The third kappa shape index (κ3) is 3.90. The van der Waals surface area contributed by atoms with Crippen LogP contribution in [0.5, 0.6) is 0 Å². The van der Waals surface area contributed by atoms with Gasteiger partial charge in [-0.25, -0.2) is 18.7 Å². The van der Waals surface area contributed by atoms with Crippen molar-refractivity contribution in [1.29, 1.82) is 0 Å². The first-order chi connectivity index (χ1) is 17.1. The van der Waals surface area contributed by atoms with Crippen molar-refractivity contribution in [1.82, 2.24) is 29.7 Å². The first-order valence-electron chi connectivity index (χ1n) is 11.9. The fraction of sp³-hybridized carbons (Fsp3) is 0.308. The molecule has 1 atom stereocenters. The van der Waals surface area contributed by atoms with E-state index in [1.54, 1.807) is 23.0 Å². The van der Waals surface area contributed by atoms with Gasteiger partial charge < -0.3 is 14.5 Å². The van der Waals surface area contributed by atoms with Crippen molar-refractivity contribution >= 4 is 16.9 Å². The molecule has 1 saturated heterocycles. The minimum atomic E-state index is -0.862. The van der Waals surface area contributed by atoms with E-state index in [0.717, 1.165) is 53.0 Å². The van der Waals surface area contributed by atoms with E-state index < -0.39 is 17.7 Å². The highest BCUT2D eigenvalue weighted by molar-refractivity contribution is 5.94. The zero-order valence-electron chi connectivity index (χ0n) is 19.3. The molecule has 1 fully saturated rings. The Bertz CT molecular complexity index is 1430. The largest absolute Gasteiger partial charge is 0.357 e. The summed E-state index contributed by atoms with van der Waals surface area (Å²) in [6.07, 6.45) is 12.4. The first kappa shape index (κ1) is 21.6. The van der Waals surface area contributed by atoms with Crippen molar-refractivity contribution in [2.45, 2.75) is 32.2 Å². The molecule has 0 saturated carbocycles. The molecule has 9 heteroatoms. The molecule has 0 amide bonds. The number of hydrogen-bond donors (Lipinski definition) is 1. The lowest BCUT2D eigenvalue weighted by atomic mass is 9.99. The van der Waals surface area contributed by atoms with E-state index in [0.29, 0.717) is 17.9 Å². The summed E-state index contributed by atoms with van der Waals surface area (Å²) in [4.78, 5) is 14.8. The highest BCUT2D eigenvalue weighted by atomic mass is 19.2. The average Bonchev–Trinajstić information content (AvgIpc) is 3.53. The van der Waals surface area contributed by atoms with Crippen molar-refractivity contribution < 1.29 is 8.78 Å². The average molecular weight is 474 g/mol. The Kier molecular flexibility index (Phi) is 5.39. The molecular weight excluding hydrogens is 448 g/mol. The Hall–Kier alpha value is -3.88. The zero-order chi connectivity index (χ0) is 23.9. The van der Waals surface area contributed by atoms with Crippen LogP contribution in [0, 0.1) is 5.92 Å². The predicted octanol–water partition coefficient (Wildman–Crippen LogP) is 5.77. The standard InChI is InChI=1S/C26H25F2N7/c1-16-7-9-34(10-8-16)23-6-5-17(12-29-23)18-11-19-20(14-31-25(19)30-13-18)26-33-32-15-35(26)22-4-2-3-21(27)24(22)28/h2-3,5-6,11-16,22H,4,7-10H2,1H3,(H,30,31). The smallest absolute Gasteiger partial charge is 0.166 e. The third-order valence-electron chi connectivity index (χ3n) is 7.01. The lowest BCUT2D eigenvalue weighted by Crippen LogP contribution is -2.33. The monoisotopic (exact) mass is 473 g/mol. The number of nitrogens with zero attached hydrogens (tertiary/aromatic N) is 6. The van der Waals surface area contributed by atoms with Crippen LogP contribution in [0.1, 0.15) is 32.2 Å². The van der Waals surface area contributed by atoms with E-state index in [1.165, 1.54) is 19.2 Å². The summed E-state index contributed by atoms with van der Waals surface area (Å²) >= 11 is 0. The van der Waals surface area contributed by atoms with Crippen molar-refractivity contribution in [3.05, 3.63) is 66.9 Å². The second-order valence-corrected chi connectivity index (χ2v) is 9.31. The maximum Gasteiger partial charge on any atom is 0.166 e. The minimum Gasteiger partial charge on any atom is -0.357 e. The molecule has 4 aromatic heterocycles. The number of allylic oxidation sites excluding steroid dienone is 4. The molecule has 178 valence electrons. The fourth-order valence-electron chi connectivity index (χ4n) is 4.87. The van der Waals surface area contributed by atoms with Gasteiger partial charge in [0.2, 0.25) is 0 Å². The maximum absolute atomic E-state index is 14.6. The number of fused-ring (bicyclic) bond motifs is 1. The van der Waals surface area contributed by atoms with Gasteiger partial charge in [0, 0.05) is 53.8 Å². The third-order valence-corrected chi connectivity index (χ3v) is 7.01. The number of rotatable bonds is 4. The second-order valence-electron chi connectivity index (χ2n) is 9.31. The van der Waals surface area contributed by atoms with E-state index in [2.05, 4.69) is 44.1 Å². The number of nitrogens with one attached hydrogen (secondary N) is 1. The van der Waals surface area contributed by atoms with Crippen LogP contribution in [0.15, 0.2) is 66.9 Å². The zero-order valence-corrected chi connectivity index (χ0v) is 19.3. The van der Waals surface area contributed by atoms with Gasteiger partial charge in [0.15, 0.2) is 17.5 Å². The summed E-state index contributed by atoms with van der Waals surface area (Å²) in [7, 11) is 0. The molecule has 6 rings (SSSR count). The highest BCUT2D eigenvalue weighted by Gasteiger charge is 2.26. The Morgan fingerprint density at radius 3 is 2.69 bits per heavy atom. The van der Waals surface area contributed by atoms with Gasteiger partial charge in [0.1, 0.15) is 17.8 Å². The summed E-state index contributed by atoms with van der Waals surface area (Å²) in [5.41, 5.74) is 3.27. The number of aromatic amines is 1. The van der Waals surface area contributed by atoms with E-state index in [1.807, 2.05) is 12.3 Å². The molecule has 1 aliphatic carbocycles. The normalized spacial score (nSPS) is 19.2. The molecule has 35 heavy (non-hydrogen) atoms. The van der Waals surface area contributed by atoms with Crippen LogP contribution in [-0.4, -0.2) is 42.8 Å². The van der Waals surface area contributed by atoms with Gasteiger partial charge in [0.25, 0.3) is 0 Å². The Labute approximate surface area is 201 Å². The summed E-state index contributed by atoms with van der Waals surface area (Å²) < 4.78 is 30.0. The second kappa shape index (κ2) is 8.72. The Balaban J connectivity index is 1.33. The molecule has 0 aromatic carbocycles. The highest BCUT2D eigenvalue weighted by Crippen LogP contribution is 2.36. The maximum atomic E-state index is 14.6. The van der Waals surface area contributed by atoms with Crippen LogP contribution in [0.4, 0.5) is 14.6 Å².